The van der Waals surface area contributed by atoms with Crippen molar-refractivity contribution in [2.45, 2.75) is 50.7 Å². The van der Waals surface area contributed by atoms with Crippen molar-refractivity contribution in [2.24, 2.45) is 0 Å². The Kier molecular flexibility index (Phi) is 3.99. The molecule has 1 N–H and O–H groups in total. The van der Waals surface area contributed by atoms with Crippen LogP contribution in [0.4, 0.5) is 5.69 Å². The van der Waals surface area contributed by atoms with Crippen molar-refractivity contribution >= 4 is 29.4 Å². The van der Waals surface area contributed by atoms with E-state index in [0.29, 0.717) is 43.5 Å². The SMILES string of the molecule is CC1(C(=O)O)CCCN1C(=O)CN1C(=O)c2ccccc2N2C(=O)CCC12C. The molecule has 148 valence electrons. The molecule has 0 bridgehead atoms. The van der Waals surface area contributed by atoms with E-state index in [4.69, 9.17) is 0 Å². The van der Waals surface area contributed by atoms with Crippen molar-refractivity contribution in [3.8, 4) is 0 Å². The molecule has 4 rings (SSSR count). The number of rotatable bonds is 3. The van der Waals surface area contributed by atoms with Crippen LogP contribution in [0.3, 0.4) is 0 Å². The third-order valence-electron chi connectivity index (χ3n) is 6.44. The molecule has 0 spiro atoms. The number of amides is 3. The summed E-state index contributed by atoms with van der Waals surface area (Å²) < 4.78 is 0. The number of carboxylic acid groups (broad SMARTS) is 1. The van der Waals surface area contributed by atoms with Crippen LogP contribution in [-0.2, 0) is 14.4 Å². The molecule has 8 heteroatoms. The molecular formula is C20H23N3O5. The van der Waals surface area contributed by atoms with E-state index in [-0.39, 0.29) is 18.4 Å². The third kappa shape index (κ3) is 2.36. The van der Waals surface area contributed by atoms with Gasteiger partial charge >= 0.3 is 5.97 Å². The highest BCUT2D eigenvalue weighted by Gasteiger charge is 2.54. The Morgan fingerprint density at radius 3 is 2.57 bits per heavy atom. The van der Waals surface area contributed by atoms with Gasteiger partial charge in [0.1, 0.15) is 17.7 Å². The maximum Gasteiger partial charge on any atom is 0.329 e. The van der Waals surface area contributed by atoms with Crippen molar-refractivity contribution in [1.82, 2.24) is 9.80 Å². The van der Waals surface area contributed by atoms with Crippen LogP contribution in [0, 0.1) is 0 Å². The van der Waals surface area contributed by atoms with E-state index in [1.807, 2.05) is 0 Å². The van der Waals surface area contributed by atoms with Crippen molar-refractivity contribution in [2.75, 3.05) is 18.0 Å². The predicted octanol–water partition coefficient (Wildman–Crippen LogP) is 1.45. The Bertz CT molecular complexity index is 900. The number of anilines is 1. The molecule has 3 amide bonds. The minimum absolute atomic E-state index is 0.0866. The van der Waals surface area contributed by atoms with Gasteiger partial charge in [0.15, 0.2) is 0 Å². The van der Waals surface area contributed by atoms with Gasteiger partial charge in [-0.15, -0.1) is 0 Å². The minimum Gasteiger partial charge on any atom is -0.480 e. The second-order valence-electron chi connectivity index (χ2n) is 8.08. The first-order valence-corrected chi connectivity index (χ1v) is 9.48. The van der Waals surface area contributed by atoms with E-state index >= 15 is 0 Å². The summed E-state index contributed by atoms with van der Waals surface area (Å²) in [4.78, 5) is 55.0. The topological polar surface area (TPSA) is 98.2 Å². The van der Waals surface area contributed by atoms with E-state index in [1.54, 1.807) is 43.0 Å². The van der Waals surface area contributed by atoms with Gasteiger partial charge < -0.3 is 14.9 Å². The highest BCUT2D eigenvalue weighted by atomic mass is 16.4. The summed E-state index contributed by atoms with van der Waals surface area (Å²) >= 11 is 0. The number of carboxylic acids is 1. The monoisotopic (exact) mass is 385 g/mol. The summed E-state index contributed by atoms with van der Waals surface area (Å²) in [5.74, 6) is -1.85. The lowest BCUT2D eigenvalue weighted by Crippen LogP contribution is -2.65. The second-order valence-corrected chi connectivity index (χ2v) is 8.08. The van der Waals surface area contributed by atoms with Crippen molar-refractivity contribution < 1.29 is 24.3 Å². The fourth-order valence-corrected chi connectivity index (χ4v) is 4.75. The number of likely N-dealkylation sites (tertiary alicyclic amines) is 1. The van der Waals surface area contributed by atoms with Gasteiger partial charge in [0.05, 0.1) is 11.3 Å². The zero-order chi connectivity index (χ0) is 20.3. The summed E-state index contributed by atoms with van der Waals surface area (Å²) in [5, 5.41) is 9.59. The van der Waals surface area contributed by atoms with Gasteiger partial charge in [-0.2, -0.15) is 0 Å². The molecule has 3 aliphatic rings. The van der Waals surface area contributed by atoms with Crippen LogP contribution < -0.4 is 4.90 Å². The fraction of sp³-hybridized carbons (Fsp3) is 0.500. The first-order chi connectivity index (χ1) is 13.2. The standard InChI is InChI=1S/C20H23N3O5/c1-19(18(27)28)9-5-11-21(19)16(25)12-22-17(26)13-6-3-4-7-14(13)23-15(24)8-10-20(22,23)2/h3-4,6-7H,5,8-12H2,1-2H3,(H,27,28). The smallest absolute Gasteiger partial charge is 0.329 e. The highest BCUT2D eigenvalue weighted by Crippen LogP contribution is 2.44. The Labute approximate surface area is 162 Å². The van der Waals surface area contributed by atoms with Crippen molar-refractivity contribution in [1.29, 1.82) is 0 Å². The minimum atomic E-state index is -1.26. The molecule has 0 radical (unpaired) electrons. The van der Waals surface area contributed by atoms with E-state index in [0.717, 1.165) is 0 Å². The molecule has 1 aromatic carbocycles. The average Bonchev–Trinajstić information content (AvgIpc) is 3.20. The fourth-order valence-electron chi connectivity index (χ4n) is 4.75. The molecule has 2 fully saturated rings. The quantitative estimate of drug-likeness (QED) is 0.849. The van der Waals surface area contributed by atoms with Gasteiger partial charge in [-0.25, -0.2) is 4.79 Å². The summed E-state index contributed by atoms with van der Waals surface area (Å²) in [6, 6.07) is 6.90. The number of carbonyl (C=O) groups is 4. The third-order valence-corrected chi connectivity index (χ3v) is 6.44. The molecule has 0 aliphatic carbocycles. The van der Waals surface area contributed by atoms with Gasteiger partial charge in [-0.05, 0) is 45.2 Å². The van der Waals surface area contributed by atoms with Gasteiger partial charge in [0.25, 0.3) is 5.91 Å². The van der Waals surface area contributed by atoms with Crippen molar-refractivity contribution in [3.05, 3.63) is 29.8 Å². The second kappa shape index (κ2) is 6.05. The molecule has 3 heterocycles. The summed E-state index contributed by atoms with van der Waals surface area (Å²) in [7, 11) is 0. The first-order valence-electron chi connectivity index (χ1n) is 9.48. The molecule has 1 aromatic rings. The number of hydrogen-bond donors (Lipinski definition) is 1. The largest absolute Gasteiger partial charge is 0.480 e. The van der Waals surface area contributed by atoms with E-state index < -0.39 is 23.1 Å². The van der Waals surface area contributed by atoms with Crippen LogP contribution in [0.1, 0.15) is 49.9 Å². The van der Waals surface area contributed by atoms with Crippen LogP contribution in [0.2, 0.25) is 0 Å². The van der Waals surface area contributed by atoms with Gasteiger partial charge in [0, 0.05) is 13.0 Å². The molecule has 2 atom stereocenters. The summed E-state index contributed by atoms with van der Waals surface area (Å²) in [5.41, 5.74) is -1.25. The number of benzene rings is 1. The Hall–Kier alpha value is -2.90. The predicted molar refractivity (Wildman–Crippen MR) is 99.6 cm³/mol. The molecular weight excluding hydrogens is 362 g/mol. The Morgan fingerprint density at radius 2 is 1.86 bits per heavy atom. The molecule has 0 aromatic heterocycles. The maximum atomic E-state index is 13.2. The van der Waals surface area contributed by atoms with Gasteiger partial charge in [-0.3, -0.25) is 19.3 Å². The van der Waals surface area contributed by atoms with Crippen LogP contribution in [0.5, 0.6) is 0 Å². The maximum absolute atomic E-state index is 13.2. The number of nitrogens with zero attached hydrogens (tertiary/aromatic N) is 3. The molecule has 0 saturated carbocycles. The lowest BCUT2D eigenvalue weighted by Gasteiger charge is -2.49. The zero-order valence-corrected chi connectivity index (χ0v) is 16.0. The Balaban J connectivity index is 1.70. The van der Waals surface area contributed by atoms with E-state index in [1.165, 1.54) is 9.80 Å². The van der Waals surface area contributed by atoms with E-state index in [9.17, 15) is 24.3 Å². The molecule has 3 aliphatic heterocycles. The van der Waals surface area contributed by atoms with Crippen molar-refractivity contribution in [3.63, 3.8) is 0 Å². The lowest BCUT2D eigenvalue weighted by molar-refractivity contribution is -0.155. The summed E-state index contributed by atoms with van der Waals surface area (Å²) in [6.45, 7) is 3.43. The lowest BCUT2D eigenvalue weighted by atomic mass is 9.97. The van der Waals surface area contributed by atoms with Gasteiger partial charge in [0.2, 0.25) is 11.8 Å². The molecule has 28 heavy (non-hydrogen) atoms. The number of hydrogen-bond acceptors (Lipinski definition) is 4. The normalized spacial score (nSPS) is 29.1. The highest BCUT2D eigenvalue weighted by molar-refractivity contribution is 6.11. The van der Waals surface area contributed by atoms with Crippen LogP contribution in [0.25, 0.3) is 0 Å². The summed E-state index contributed by atoms with van der Waals surface area (Å²) in [6.07, 6.45) is 1.70. The Morgan fingerprint density at radius 1 is 1.14 bits per heavy atom. The van der Waals surface area contributed by atoms with E-state index in [2.05, 4.69) is 0 Å². The number of fused-ring (bicyclic) bond motifs is 3. The molecule has 2 unspecified atom stereocenters. The van der Waals surface area contributed by atoms with Gasteiger partial charge in [-0.1, -0.05) is 12.1 Å². The van der Waals surface area contributed by atoms with Crippen LogP contribution in [-0.4, -0.2) is 62.9 Å². The number of aliphatic carboxylic acids is 1. The number of carbonyl (C=O) groups excluding carboxylic acids is 3. The average molecular weight is 385 g/mol. The molecule has 2 saturated heterocycles. The number of para-hydroxylation sites is 1. The zero-order valence-electron chi connectivity index (χ0n) is 16.0. The van der Waals surface area contributed by atoms with Crippen LogP contribution >= 0.6 is 0 Å². The van der Waals surface area contributed by atoms with Crippen LogP contribution in [0.15, 0.2) is 24.3 Å². The molecule has 8 nitrogen and oxygen atoms in total. The first kappa shape index (κ1) is 18.5.